The first-order valence-corrected chi connectivity index (χ1v) is 14.9. The van der Waals surface area contributed by atoms with Gasteiger partial charge in [0.15, 0.2) is 17.5 Å². The molecule has 7 atom stereocenters. The molecule has 5 rings (SSSR count). The summed E-state index contributed by atoms with van der Waals surface area (Å²) in [7, 11) is 0. The van der Waals surface area contributed by atoms with Crippen LogP contribution in [0.15, 0.2) is 42.6 Å². The summed E-state index contributed by atoms with van der Waals surface area (Å²) in [5, 5.41) is 50.8. The third-order valence-corrected chi connectivity index (χ3v) is 9.63. The highest BCUT2D eigenvalue weighted by Crippen LogP contribution is 2.53. The van der Waals surface area contributed by atoms with Crippen molar-refractivity contribution in [1.82, 2.24) is 15.0 Å². The number of alkyl halides is 3. The second kappa shape index (κ2) is 12.5. The van der Waals surface area contributed by atoms with Crippen molar-refractivity contribution < 1.29 is 56.2 Å². The molecule has 2 saturated heterocycles. The standard InChI is InChI=1S/C29H31F6N3O6S/c1-27(2)13-28(42,7-8-43-27)25(15-5-3-4-6-16(15)29(33,34)35)45-26-24(41)22(23(40)20(12-39)44-26)38-11-19(36-37-38)14-9-17(30)21(32)18(31)10-14/h3-6,9-11,20,22-26,39-42H,7-8,12-13H2,1-2H3/t20-,22+,23+,24-,25+,26+,28?/m1/s1. The zero-order chi connectivity index (χ0) is 32.9. The maximum absolute atomic E-state index is 14.2. The molecule has 0 radical (unpaired) electrons. The number of nitrogens with zero attached hydrogens (tertiary/aromatic N) is 3. The molecule has 0 amide bonds. The average Bonchev–Trinajstić information content (AvgIpc) is 3.44. The molecule has 0 bridgehead atoms. The van der Waals surface area contributed by atoms with Gasteiger partial charge >= 0.3 is 6.18 Å². The molecule has 2 aliphatic heterocycles. The largest absolute Gasteiger partial charge is 0.416 e. The van der Waals surface area contributed by atoms with Gasteiger partial charge in [0.05, 0.1) is 41.4 Å². The summed E-state index contributed by atoms with van der Waals surface area (Å²) >= 11 is 0.689. The molecule has 3 heterocycles. The summed E-state index contributed by atoms with van der Waals surface area (Å²) in [4.78, 5) is 0. The van der Waals surface area contributed by atoms with Crippen LogP contribution in [0.3, 0.4) is 0 Å². The third kappa shape index (κ3) is 6.73. The third-order valence-electron chi connectivity index (χ3n) is 8.01. The fourth-order valence-corrected chi connectivity index (χ4v) is 7.57. The van der Waals surface area contributed by atoms with E-state index in [4.69, 9.17) is 9.47 Å². The lowest BCUT2D eigenvalue weighted by Crippen LogP contribution is -2.56. The molecule has 2 fully saturated rings. The number of halogens is 6. The minimum Gasteiger partial charge on any atom is -0.394 e. The molecule has 16 heteroatoms. The maximum atomic E-state index is 14.2. The monoisotopic (exact) mass is 663 g/mol. The van der Waals surface area contributed by atoms with Crippen molar-refractivity contribution in [3.63, 3.8) is 0 Å². The zero-order valence-electron chi connectivity index (χ0n) is 24.0. The molecule has 246 valence electrons. The van der Waals surface area contributed by atoms with Crippen LogP contribution in [0.25, 0.3) is 11.3 Å². The summed E-state index contributed by atoms with van der Waals surface area (Å²) in [5.74, 6) is -4.66. The highest BCUT2D eigenvalue weighted by molar-refractivity contribution is 8.00. The summed E-state index contributed by atoms with van der Waals surface area (Å²) < 4.78 is 96.4. The highest BCUT2D eigenvalue weighted by Gasteiger charge is 2.53. The molecular formula is C29H31F6N3O6S. The van der Waals surface area contributed by atoms with Gasteiger partial charge in [-0.05, 0) is 37.6 Å². The van der Waals surface area contributed by atoms with Crippen LogP contribution in [0.1, 0.15) is 49.1 Å². The minimum absolute atomic E-state index is 0.0374. The molecule has 45 heavy (non-hydrogen) atoms. The van der Waals surface area contributed by atoms with Crippen LogP contribution in [0.2, 0.25) is 0 Å². The van der Waals surface area contributed by atoms with Gasteiger partial charge in [0.1, 0.15) is 35.5 Å². The van der Waals surface area contributed by atoms with Gasteiger partial charge in [-0.15, -0.1) is 16.9 Å². The lowest BCUT2D eigenvalue weighted by molar-refractivity contribution is -0.179. The van der Waals surface area contributed by atoms with Crippen molar-refractivity contribution in [2.75, 3.05) is 13.2 Å². The summed E-state index contributed by atoms with van der Waals surface area (Å²) in [6.45, 7) is 2.65. The van der Waals surface area contributed by atoms with Gasteiger partial charge in [0.25, 0.3) is 0 Å². The molecule has 1 unspecified atom stereocenters. The first kappa shape index (κ1) is 33.6. The van der Waals surface area contributed by atoms with Crippen molar-refractivity contribution in [1.29, 1.82) is 0 Å². The van der Waals surface area contributed by atoms with E-state index < -0.39 is 82.0 Å². The molecule has 0 saturated carbocycles. The quantitative estimate of drug-likeness (QED) is 0.218. The Morgan fingerprint density at radius 2 is 1.76 bits per heavy atom. The Hall–Kier alpha value is -2.73. The number of hydrogen-bond acceptors (Lipinski definition) is 9. The number of rotatable bonds is 7. The van der Waals surface area contributed by atoms with Gasteiger partial charge in [-0.2, -0.15) is 13.2 Å². The second-order valence-electron chi connectivity index (χ2n) is 11.8. The van der Waals surface area contributed by atoms with Crippen LogP contribution in [0.4, 0.5) is 26.3 Å². The van der Waals surface area contributed by atoms with Crippen molar-refractivity contribution >= 4 is 11.8 Å². The fourth-order valence-electron chi connectivity index (χ4n) is 5.96. The fraction of sp³-hybridized carbons (Fsp3) is 0.517. The van der Waals surface area contributed by atoms with E-state index in [-0.39, 0.29) is 36.3 Å². The molecule has 9 nitrogen and oxygen atoms in total. The summed E-state index contributed by atoms with van der Waals surface area (Å²) in [6, 6.07) is 4.66. The smallest absolute Gasteiger partial charge is 0.394 e. The predicted molar refractivity (Wildman–Crippen MR) is 148 cm³/mol. The van der Waals surface area contributed by atoms with Crippen LogP contribution in [0.5, 0.6) is 0 Å². The minimum atomic E-state index is -4.79. The average molecular weight is 664 g/mol. The van der Waals surface area contributed by atoms with Gasteiger partial charge in [0, 0.05) is 18.4 Å². The van der Waals surface area contributed by atoms with Crippen LogP contribution in [0, 0.1) is 17.5 Å². The normalized spacial score (nSPS) is 29.5. The van der Waals surface area contributed by atoms with E-state index in [0.29, 0.717) is 23.9 Å². The van der Waals surface area contributed by atoms with E-state index in [2.05, 4.69) is 10.3 Å². The number of aromatic nitrogens is 3. The Bertz CT molecular complexity index is 1500. The maximum Gasteiger partial charge on any atom is 0.416 e. The number of ether oxygens (including phenoxy) is 2. The molecular weight excluding hydrogens is 632 g/mol. The Morgan fingerprint density at radius 1 is 1.09 bits per heavy atom. The van der Waals surface area contributed by atoms with E-state index in [1.807, 2.05) is 0 Å². The van der Waals surface area contributed by atoms with Gasteiger partial charge in [-0.3, -0.25) is 0 Å². The van der Waals surface area contributed by atoms with Crippen LogP contribution >= 0.6 is 11.8 Å². The van der Waals surface area contributed by atoms with Crippen molar-refractivity contribution in [2.45, 2.75) is 79.1 Å². The zero-order valence-corrected chi connectivity index (χ0v) is 24.8. The summed E-state index contributed by atoms with van der Waals surface area (Å²) in [5.41, 5.74) is -5.75. The number of aliphatic hydroxyl groups is 4. The predicted octanol–water partition coefficient (Wildman–Crippen LogP) is 4.16. The van der Waals surface area contributed by atoms with Crippen molar-refractivity contribution in [3.8, 4) is 11.3 Å². The molecule has 0 aliphatic carbocycles. The molecule has 2 aliphatic rings. The molecule has 2 aromatic carbocycles. The van der Waals surface area contributed by atoms with E-state index in [9.17, 15) is 46.8 Å². The van der Waals surface area contributed by atoms with Gasteiger partial charge in [-0.25, -0.2) is 17.9 Å². The van der Waals surface area contributed by atoms with Crippen molar-refractivity contribution in [2.24, 2.45) is 0 Å². The molecule has 1 aromatic heterocycles. The first-order valence-electron chi connectivity index (χ1n) is 13.9. The van der Waals surface area contributed by atoms with Crippen molar-refractivity contribution in [3.05, 3.63) is 71.2 Å². The Morgan fingerprint density at radius 3 is 2.38 bits per heavy atom. The van der Waals surface area contributed by atoms with E-state index in [1.165, 1.54) is 18.2 Å². The van der Waals surface area contributed by atoms with Gasteiger partial charge in [-0.1, -0.05) is 23.4 Å². The van der Waals surface area contributed by atoms with Crippen LogP contribution < -0.4 is 0 Å². The molecule has 3 aromatic rings. The van der Waals surface area contributed by atoms with E-state index in [0.717, 1.165) is 16.9 Å². The summed E-state index contributed by atoms with van der Waals surface area (Å²) in [6.07, 6.45) is -8.51. The first-order chi connectivity index (χ1) is 21.0. The number of benzene rings is 2. The van der Waals surface area contributed by atoms with Crippen LogP contribution in [-0.4, -0.2) is 83.6 Å². The van der Waals surface area contributed by atoms with Crippen LogP contribution in [-0.2, 0) is 15.7 Å². The van der Waals surface area contributed by atoms with Gasteiger partial charge in [0.2, 0.25) is 0 Å². The topological polar surface area (TPSA) is 130 Å². The lowest BCUT2D eigenvalue weighted by atomic mass is 9.79. The SMILES string of the molecule is CC1(C)CC(O)([C@@H](S[C@@H]2O[C@H](CO)[C@H](O)[C@H](n3cc(-c4cc(F)c(F)c(F)c4)nn3)[C@H]2O)c2ccccc2C(F)(F)F)CCO1. The highest BCUT2D eigenvalue weighted by atomic mass is 32.2. The number of aliphatic hydroxyl groups excluding tert-OH is 3. The van der Waals surface area contributed by atoms with E-state index >= 15 is 0 Å². The van der Waals surface area contributed by atoms with Gasteiger partial charge < -0.3 is 29.9 Å². The Labute approximate surface area is 257 Å². The Kier molecular flexibility index (Phi) is 9.32. The lowest BCUT2D eigenvalue weighted by Gasteiger charge is -2.48. The molecule has 0 spiro atoms. The van der Waals surface area contributed by atoms with E-state index in [1.54, 1.807) is 13.8 Å². The molecule has 4 N–H and O–H groups in total. The Balaban J connectivity index is 1.53. The number of thioether (sulfide) groups is 1. The second-order valence-corrected chi connectivity index (χ2v) is 13.0. The number of hydrogen-bond donors (Lipinski definition) is 4.